The first-order valence-corrected chi connectivity index (χ1v) is 5.70. The molecule has 0 bridgehead atoms. The predicted octanol–water partition coefficient (Wildman–Crippen LogP) is 1.23. The van der Waals surface area contributed by atoms with E-state index in [9.17, 15) is 0 Å². The molecule has 2 aromatic rings. The highest BCUT2D eigenvalue weighted by molar-refractivity contribution is 5.45. The monoisotopic (exact) mass is 248 g/mol. The number of anilines is 2. The maximum Gasteiger partial charge on any atom is 0.239 e. The van der Waals surface area contributed by atoms with Gasteiger partial charge in [0.2, 0.25) is 11.8 Å². The predicted molar refractivity (Wildman–Crippen MR) is 67.8 cm³/mol. The quantitative estimate of drug-likeness (QED) is 0.540. The van der Waals surface area contributed by atoms with E-state index in [0.29, 0.717) is 24.2 Å². The maximum atomic E-state index is 5.49. The first-order valence-electron chi connectivity index (χ1n) is 5.70. The van der Waals surface area contributed by atoms with Gasteiger partial charge in [0.15, 0.2) is 0 Å². The van der Waals surface area contributed by atoms with Gasteiger partial charge in [-0.05, 0) is 6.92 Å². The topological polar surface area (TPSA) is 102 Å². The van der Waals surface area contributed by atoms with Crippen molar-refractivity contribution in [3.63, 3.8) is 0 Å². The molecular weight excluding hydrogens is 232 g/mol. The van der Waals surface area contributed by atoms with Crippen molar-refractivity contribution >= 4 is 11.8 Å². The number of hydrogen-bond acceptors (Lipinski definition) is 7. The number of nitrogens with one attached hydrogen (secondary N) is 2. The molecule has 0 fully saturated rings. The number of nitrogens with two attached hydrogens (primary N) is 1. The summed E-state index contributed by atoms with van der Waals surface area (Å²) < 4.78 is 5.49. The Bertz CT molecular complexity index is 524. The van der Waals surface area contributed by atoms with Gasteiger partial charge in [-0.25, -0.2) is 15.8 Å². The van der Waals surface area contributed by atoms with Gasteiger partial charge in [-0.15, -0.1) is 0 Å². The summed E-state index contributed by atoms with van der Waals surface area (Å²) in [6.07, 6.45) is 4.26. The van der Waals surface area contributed by atoms with Gasteiger partial charge in [0, 0.05) is 18.2 Å². The first kappa shape index (κ1) is 12.3. The van der Waals surface area contributed by atoms with Crippen LogP contribution in [0.25, 0.3) is 0 Å². The molecule has 0 atom stereocenters. The van der Waals surface area contributed by atoms with Crippen molar-refractivity contribution in [2.45, 2.75) is 26.8 Å². The smallest absolute Gasteiger partial charge is 0.239 e. The zero-order chi connectivity index (χ0) is 13.0. The summed E-state index contributed by atoms with van der Waals surface area (Å²) in [5, 5.41) is 3.14. The third kappa shape index (κ3) is 2.75. The van der Waals surface area contributed by atoms with E-state index in [2.05, 4.69) is 25.7 Å². The van der Waals surface area contributed by atoms with Crippen molar-refractivity contribution in [3.8, 4) is 0 Å². The van der Waals surface area contributed by atoms with Crippen LogP contribution >= 0.6 is 0 Å². The Hall–Kier alpha value is -2.15. The largest absolute Gasteiger partial charge is 0.444 e. The molecule has 0 spiro atoms. The molecule has 0 amide bonds. The van der Waals surface area contributed by atoms with Crippen molar-refractivity contribution in [1.82, 2.24) is 15.0 Å². The van der Waals surface area contributed by atoms with E-state index in [0.717, 1.165) is 17.7 Å². The lowest BCUT2D eigenvalue weighted by Gasteiger charge is -2.07. The molecule has 96 valence electrons. The van der Waals surface area contributed by atoms with Crippen LogP contribution in [0.5, 0.6) is 0 Å². The van der Waals surface area contributed by atoms with Gasteiger partial charge in [0.05, 0.1) is 12.7 Å². The van der Waals surface area contributed by atoms with Gasteiger partial charge < -0.3 is 9.73 Å². The van der Waals surface area contributed by atoms with Gasteiger partial charge in [-0.2, -0.15) is 4.98 Å². The molecule has 0 aliphatic carbocycles. The molecule has 18 heavy (non-hydrogen) atoms. The molecule has 0 saturated carbocycles. The summed E-state index contributed by atoms with van der Waals surface area (Å²) in [7, 11) is 0. The number of aryl methyl sites for hydroxylation is 2. The number of nitrogens with zero attached hydrogens (tertiary/aromatic N) is 3. The summed E-state index contributed by atoms with van der Waals surface area (Å²) in [6, 6.07) is 0. The Balaban J connectivity index is 2.05. The Morgan fingerprint density at radius 2 is 2.17 bits per heavy atom. The summed E-state index contributed by atoms with van der Waals surface area (Å²) in [6.45, 7) is 4.41. The van der Waals surface area contributed by atoms with Crippen LogP contribution in [-0.2, 0) is 13.0 Å². The third-order valence-electron chi connectivity index (χ3n) is 2.46. The molecule has 7 nitrogen and oxygen atoms in total. The molecule has 2 heterocycles. The number of hydrogen-bond donors (Lipinski definition) is 3. The minimum atomic E-state index is 0.366. The lowest BCUT2D eigenvalue weighted by atomic mass is 10.3. The Morgan fingerprint density at radius 1 is 1.33 bits per heavy atom. The lowest BCUT2D eigenvalue weighted by Crippen LogP contribution is -2.12. The van der Waals surface area contributed by atoms with E-state index in [1.54, 1.807) is 12.4 Å². The zero-order valence-electron chi connectivity index (χ0n) is 10.4. The van der Waals surface area contributed by atoms with Crippen LogP contribution < -0.4 is 16.6 Å². The molecule has 0 aliphatic heterocycles. The van der Waals surface area contributed by atoms with E-state index in [1.165, 1.54) is 0 Å². The summed E-state index contributed by atoms with van der Waals surface area (Å²) >= 11 is 0. The number of rotatable bonds is 5. The van der Waals surface area contributed by atoms with Crippen LogP contribution in [0.2, 0.25) is 0 Å². The second kappa shape index (κ2) is 5.46. The van der Waals surface area contributed by atoms with Crippen LogP contribution in [0.3, 0.4) is 0 Å². The Kier molecular flexibility index (Phi) is 3.73. The molecule has 2 rings (SSSR count). The highest BCUT2D eigenvalue weighted by Crippen LogP contribution is 2.13. The van der Waals surface area contributed by atoms with Crippen LogP contribution in [0.1, 0.15) is 24.1 Å². The Morgan fingerprint density at radius 3 is 2.83 bits per heavy atom. The molecule has 0 radical (unpaired) electrons. The van der Waals surface area contributed by atoms with Crippen molar-refractivity contribution in [1.29, 1.82) is 0 Å². The lowest BCUT2D eigenvalue weighted by molar-refractivity contribution is 0.465. The third-order valence-corrected chi connectivity index (χ3v) is 2.46. The maximum absolute atomic E-state index is 5.49. The first-order chi connectivity index (χ1) is 8.72. The summed E-state index contributed by atoms with van der Waals surface area (Å²) in [5.41, 5.74) is 3.33. The number of oxazole rings is 1. The number of aromatic nitrogens is 3. The van der Waals surface area contributed by atoms with E-state index in [4.69, 9.17) is 10.3 Å². The molecule has 0 saturated heterocycles. The fourth-order valence-electron chi connectivity index (χ4n) is 1.44. The van der Waals surface area contributed by atoms with Gasteiger partial charge in [-0.1, -0.05) is 6.92 Å². The second-order valence-corrected chi connectivity index (χ2v) is 3.80. The van der Waals surface area contributed by atoms with Crippen molar-refractivity contribution in [3.05, 3.63) is 29.6 Å². The van der Waals surface area contributed by atoms with Gasteiger partial charge in [0.1, 0.15) is 11.6 Å². The van der Waals surface area contributed by atoms with Crippen LogP contribution in [-0.4, -0.2) is 15.0 Å². The fraction of sp³-hybridized carbons (Fsp3) is 0.364. The molecular formula is C11H16N6O. The van der Waals surface area contributed by atoms with Crippen LogP contribution in [0, 0.1) is 6.92 Å². The minimum Gasteiger partial charge on any atom is -0.444 e. The number of hydrazine groups is 1. The van der Waals surface area contributed by atoms with Crippen molar-refractivity contribution in [2.75, 3.05) is 10.7 Å². The standard InChI is InChI=1S/C11H16N6O/c1-3-8-5-13-9(18-8)6-14-10-7(2)4-15-11(16-10)17-12/h4-5H,3,6,12H2,1-2H3,(H2,14,15,16,17). The van der Waals surface area contributed by atoms with E-state index >= 15 is 0 Å². The molecule has 7 heteroatoms. The fourth-order valence-corrected chi connectivity index (χ4v) is 1.44. The zero-order valence-corrected chi connectivity index (χ0v) is 10.4. The second-order valence-electron chi connectivity index (χ2n) is 3.80. The average Bonchev–Trinajstić information content (AvgIpc) is 2.86. The van der Waals surface area contributed by atoms with Gasteiger partial charge in [-0.3, -0.25) is 5.43 Å². The highest BCUT2D eigenvalue weighted by atomic mass is 16.4. The number of nitrogen functional groups attached to an aromatic ring is 1. The Labute approximate surface area is 105 Å². The average molecular weight is 248 g/mol. The van der Waals surface area contributed by atoms with Gasteiger partial charge in [0.25, 0.3) is 0 Å². The normalized spacial score (nSPS) is 10.4. The van der Waals surface area contributed by atoms with Gasteiger partial charge >= 0.3 is 0 Å². The molecule has 0 aliphatic rings. The van der Waals surface area contributed by atoms with Crippen molar-refractivity contribution < 1.29 is 4.42 Å². The molecule has 4 N–H and O–H groups in total. The van der Waals surface area contributed by atoms with Crippen LogP contribution in [0.4, 0.5) is 11.8 Å². The van der Waals surface area contributed by atoms with E-state index in [-0.39, 0.29) is 0 Å². The molecule has 0 aromatic carbocycles. The minimum absolute atomic E-state index is 0.366. The molecule has 2 aromatic heterocycles. The van der Waals surface area contributed by atoms with Crippen molar-refractivity contribution in [2.24, 2.45) is 5.84 Å². The summed E-state index contributed by atoms with van der Waals surface area (Å²) in [5.74, 6) is 7.83. The van der Waals surface area contributed by atoms with E-state index in [1.807, 2.05) is 13.8 Å². The van der Waals surface area contributed by atoms with E-state index < -0.39 is 0 Å². The SMILES string of the molecule is CCc1cnc(CNc2nc(NN)ncc2C)o1. The summed E-state index contributed by atoms with van der Waals surface area (Å²) in [4.78, 5) is 12.4. The highest BCUT2D eigenvalue weighted by Gasteiger charge is 2.06. The molecule has 0 unspecified atom stereocenters. The van der Waals surface area contributed by atoms with Crippen LogP contribution in [0.15, 0.2) is 16.8 Å².